The van der Waals surface area contributed by atoms with Gasteiger partial charge in [-0.1, -0.05) is 58.9 Å². The second kappa shape index (κ2) is 17.1. The highest BCUT2D eigenvalue weighted by Crippen LogP contribution is 2.30. The van der Waals surface area contributed by atoms with E-state index in [9.17, 15) is 24.0 Å². The minimum Gasteiger partial charge on any atom is -0.492 e. The van der Waals surface area contributed by atoms with Crippen molar-refractivity contribution in [2.45, 2.75) is 79.3 Å². The van der Waals surface area contributed by atoms with Crippen LogP contribution < -0.4 is 20.7 Å². The molecule has 0 aromatic heterocycles. The van der Waals surface area contributed by atoms with Crippen LogP contribution in [-0.4, -0.2) is 78.7 Å². The van der Waals surface area contributed by atoms with Gasteiger partial charge in [0.2, 0.25) is 17.7 Å². The summed E-state index contributed by atoms with van der Waals surface area (Å²) in [5.41, 5.74) is 1.03. The van der Waals surface area contributed by atoms with Crippen molar-refractivity contribution in [1.29, 1.82) is 0 Å². The molecule has 0 fully saturated rings. The number of rotatable bonds is 1. The summed E-state index contributed by atoms with van der Waals surface area (Å²) in [6, 6.07) is 21.1. The highest BCUT2D eigenvalue weighted by atomic mass is 16.5. The lowest BCUT2D eigenvalue weighted by atomic mass is 9.80. The van der Waals surface area contributed by atoms with Crippen molar-refractivity contribution in [2.24, 2.45) is 10.8 Å². The maximum absolute atomic E-state index is 13.8. The van der Waals surface area contributed by atoms with Gasteiger partial charge < -0.3 is 30.5 Å². The Morgan fingerprint density at radius 3 is 1.98 bits per heavy atom. The molecule has 0 spiro atoms. The zero-order chi connectivity index (χ0) is 39.0. The number of benzene rings is 3. The van der Waals surface area contributed by atoms with Gasteiger partial charge in [-0.2, -0.15) is 0 Å². The minimum atomic E-state index is -1.25. The molecule has 0 radical (unpaired) electrons. The molecule has 7 rings (SSSR count). The second-order valence-corrected chi connectivity index (χ2v) is 16.3. The van der Waals surface area contributed by atoms with E-state index in [4.69, 9.17) is 4.74 Å². The standard InChI is InChI=1S/C42H55N5O6/c1-40(2,3)28-42(6)39(52)44-33-16-12-29(13-17-33)20-21-46(7)35(48)25-41(4,5)26-36(49)47(8)22-23-53-34-18-14-31(15-19-34)37(50)43-27-30-10-9-11-32(24-30)38(51)45-42/h9-19,24H,20-23,25-28H2,1-8H3,(H,43,50)(H,44,52)(H,45,51)/t42-/m1/s1. The van der Waals surface area contributed by atoms with Crippen molar-refractivity contribution >= 4 is 35.2 Å². The summed E-state index contributed by atoms with van der Waals surface area (Å²) >= 11 is 0. The van der Waals surface area contributed by atoms with Crippen LogP contribution in [0.4, 0.5) is 5.69 Å². The first kappa shape index (κ1) is 40.6. The Bertz CT molecular complexity index is 1780. The fourth-order valence-corrected chi connectivity index (χ4v) is 6.40. The summed E-state index contributed by atoms with van der Waals surface area (Å²) < 4.78 is 5.85. The van der Waals surface area contributed by atoms with Gasteiger partial charge in [0, 0.05) is 56.8 Å². The minimum absolute atomic E-state index is 0.0444. The number of carbonyl (C=O) groups is 5. The Kier molecular flexibility index (Phi) is 13.1. The van der Waals surface area contributed by atoms with Crippen LogP contribution in [0.1, 0.15) is 92.6 Å². The van der Waals surface area contributed by atoms with E-state index in [0.29, 0.717) is 48.5 Å². The number of hydrogen-bond donors (Lipinski definition) is 3. The smallest absolute Gasteiger partial charge is 0.252 e. The number of hydrogen-bond acceptors (Lipinski definition) is 6. The molecule has 284 valence electrons. The zero-order valence-electron chi connectivity index (χ0n) is 32.4. The van der Waals surface area contributed by atoms with Crippen molar-refractivity contribution in [3.63, 3.8) is 0 Å². The van der Waals surface area contributed by atoms with Gasteiger partial charge in [0.25, 0.3) is 11.8 Å². The Labute approximate surface area is 313 Å². The zero-order valence-corrected chi connectivity index (χ0v) is 32.4. The topological polar surface area (TPSA) is 137 Å². The van der Waals surface area contributed by atoms with E-state index in [1.165, 1.54) is 0 Å². The molecule has 53 heavy (non-hydrogen) atoms. The quantitative estimate of drug-likeness (QED) is 0.289. The summed E-state index contributed by atoms with van der Waals surface area (Å²) in [5, 5.41) is 8.88. The maximum atomic E-state index is 13.8. The van der Waals surface area contributed by atoms with Crippen LogP contribution in [0.3, 0.4) is 0 Å². The van der Waals surface area contributed by atoms with Gasteiger partial charge in [0.15, 0.2) is 0 Å². The summed E-state index contributed by atoms with van der Waals surface area (Å²) in [6.07, 6.45) is 1.42. The number of likely N-dealkylation sites (N-methyl/N-ethyl adjacent to an activating group) is 2. The molecule has 3 aromatic rings. The van der Waals surface area contributed by atoms with E-state index in [0.717, 1.165) is 11.1 Å². The fourth-order valence-electron chi connectivity index (χ4n) is 6.40. The first-order chi connectivity index (χ1) is 24.8. The van der Waals surface area contributed by atoms with Gasteiger partial charge in [-0.25, -0.2) is 0 Å². The summed E-state index contributed by atoms with van der Waals surface area (Å²) in [7, 11) is 3.49. The average molecular weight is 726 g/mol. The first-order valence-corrected chi connectivity index (χ1v) is 18.1. The van der Waals surface area contributed by atoms with E-state index in [-0.39, 0.29) is 55.0 Å². The van der Waals surface area contributed by atoms with E-state index in [2.05, 4.69) is 16.0 Å². The molecule has 0 saturated carbocycles. The normalized spacial score (nSPS) is 20.2. The van der Waals surface area contributed by atoms with E-state index < -0.39 is 16.9 Å². The van der Waals surface area contributed by atoms with Gasteiger partial charge in [-0.3, -0.25) is 24.0 Å². The van der Waals surface area contributed by atoms with Crippen molar-refractivity contribution in [3.8, 4) is 5.75 Å². The molecule has 11 nitrogen and oxygen atoms in total. The molecule has 1 atom stereocenters. The van der Waals surface area contributed by atoms with Gasteiger partial charge in [0.05, 0.1) is 6.54 Å². The third-order valence-corrected chi connectivity index (χ3v) is 9.29. The number of amides is 5. The number of nitrogens with one attached hydrogen (secondary N) is 3. The van der Waals surface area contributed by atoms with Crippen LogP contribution in [-0.2, 0) is 27.3 Å². The molecule has 11 heteroatoms. The molecule has 4 heterocycles. The molecule has 0 aliphatic carbocycles. The predicted molar refractivity (Wildman–Crippen MR) is 207 cm³/mol. The highest BCUT2D eigenvalue weighted by molar-refractivity contribution is 6.03. The van der Waals surface area contributed by atoms with Crippen molar-refractivity contribution < 1.29 is 28.7 Å². The van der Waals surface area contributed by atoms with E-state index in [1.54, 1.807) is 73.3 Å². The van der Waals surface area contributed by atoms with Crippen LogP contribution in [0.25, 0.3) is 0 Å². The lowest BCUT2D eigenvalue weighted by Crippen LogP contribution is -2.56. The summed E-state index contributed by atoms with van der Waals surface area (Å²) in [5.74, 6) is -0.597. The maximum Gasteiger partial charge on any atom is 0.252 e. The summed E-state index contributed by atoms with van der Waals surface area (Å²) in [6.45, 7) is 12.9. The van der Waals surface area contributed by atoms with Crippen LogP contribution in [0.2, 0.25) is 0 Å². The van der Waals surface area contributed by atoms with Crippen molar-refractivity contribution in [1.82, 2.24) is 20.4 Å². The largest absolute Gasteiger partial charge is 0.492 e. The number of ether oxygens (including phenoxy) is 1. The van der Waals surface area contributed by atoms with Crippen molar-refractivity contribution in [2.75, 3.05) is 39.1 Å². The lowest BCUT2D eigenvalue weighted by Gasteiger charge is -2.35. The highest BCUT2D eigenvalue weighted by Gasteiger charge is 2.39. The number of anilines is 1. The molecule has 3 aromatic carbocycles. The van der Waals surface area contributed by atoms with Crippen molar-refractivity contribution in [3.05, 3.63) is 95.1 Å². The fraction of sp³-hybridized carbons (Fsp3) is 0.452. The second-order valence-electron chi connectivity index (χ2n) is 16.3. The molecular formula is C42H55N5O6. The molecule has 6 bridgehead atoms. The Hall–Kier alpha value is -5.19. The predicted octanol–water partition coefficient (Wildman–Crippen LogP) is 5.84. The van der Waals surface area contributed by atoms with Crippen LogP contribution in [0.15, 0.2) is 72.8 Å². The van der Waals surface area contributed by atoms with Gasteiger partial charge in [-0.05, 0) is 90.3 Å². The van der Waals surface area contributed by atoms with Crippen LogP contribution in [0, 0.1) is 10.8 Å². The van der Waals surface area contributed by atoms with E-state index >= 15 is 0 Å². The van der Waals surface area contributed by atoms with Gasteiger partial charge in [0.1, 0.15) is 17.9 Å². The molecule has 0 saturated heterocycles. The van der Waals surface area contributed by atoms with Gasteiger partial charge >= 0.3 is 0 Å². The average Bonchev–Trinajstić information content (AvgIpc) is 3.08. The third-order valence-electron chi connectivity index (χ3n) is 9.29. The molecular weight excluding hydrogens is 670 g/mol. The van der Waals surface area contributed by atoms with Crippen LogP contribution >= 0.6 is 0 Å². The molecule has 4 aliphatic heterocycles. The number of carbonyl (C=O) groups excluding carboxylic acids is 5. The summed E-state index contributed by atoms with van der Waals surface area (Å²) in [4.78, 5) is 70.0. The first-order valence-electron chi connectivity index (χ1n) is 18.1. The monoisotopic (exact) mass is 725 g/mol. The van der Waals surface area contributed by atoms with Crippen LogP contribution in [0.5, 0.6) is 5.75 Å². The Morgan fingerprint density at radius 2 is 1.36 bits per heavy atom. The molecule has 0 unspecified atom stereocenters. The third kappa shape index (κ3) is 12.2. The van der Waals surface area contributed by atoms with E-state index in [1.807, 2.05) is 65.0 Å². The molecule has 5 amide bonds. The van der Waals surface area contributed by atoms with Gasteiger partial charge in [-0.15, -0.1) is 0 Å². The SMILES string of the molecule is CN1CCOc2ccc(cc2)C(=O)NCc2cccc(c2)C(=O)N[C@](C)(CC(C)(C)C)C(=O)Nc2ccc(cc2)CCN(C)C(=O)CC(C)(C)CC1=O. The molecule has 3 N–H and O–H groups in total. The Morgan fingerprint density at radius 1 is 0.736 bits per heavy atom. The number of nitrogens with zero attached hydrogens (tertiary/aromatic N) is 2. The Balaban J connectivity index is 1.56. The lowest BCUT2D eigenvalue weighted by molar-refractivity contribution is -0.135. The molecule has 4 aliphatic rings.